The number of nitrogens with zero attached hydrogens (tertiary/aromatic N) is 6. The molecule has 3 aliphatic heterocycles. The third-order valence-corrected chi connectivity index (χ3v) is 14.4. The summed E-state index contributed by atoms with van der Waals surface area (Å²) in [6, 6.07) is 0.591. The second-order valence-corrected chi connectivity index (χ2v) is 21.3. The maximum atomic E-state index is 15.4. The fourth-order valence-electron chi connectivity index (χ4n) is 8.88. The average Bonchev–Trinajstić information content (AvgIpc) is 3.96. The highest BCUT2D eigenvalue weighted by Crippen LogP contribution is 2.41. The number of imidazole rings is 1. The summed E-state index contributed by atoms with van der Waals surface area (Å²) in [6.07, 6.45) is -2.77. The number of hydrogen-bond acceptors (Lipinski definition) is 16. The minimum absolute atomic E-state index is 0.0357. The van der Waals surface area contributed by atoms with Crippen molar-refractivity contribution >= 4 is 92.6 Å². The molecule has 0 bridgehead atoms. The summed E-state index contributed by atoms with van der Waals surface area (Å²) in [7, 11) is 1.68. The zero-order valence-corrected chi connectivity index (χ0v) is 43.3. The van der Waals surface area contributed by atoms with Crippen LogP contribution in [0.2, 0.25) is 0 Å². The second-order valence-electron chi connectivity index (χ2n) is 19.0. The van der Waals surface area contributed by atoms with Gasteiger partial charge in [0.05, 0.1) is 18.3 Å². The summed E-state index contributed by atoms with van der Waals surface area (Å²) in [6.45, 7) is 10.3. The number of aromatic nitrogens is 4. The van der Waals surface area contributed by atoms with E-state index in [0.717, 1.165) is 29.1 Å². The summed E-state index contributed by atoms with van der Waals surface area (Å²) in [5.74, 6) is -4.90. The molecule has 1 aromatic carbocycles. The first-order chi connectivity index (χ1) is 34.0. The van der Waals surface area contributed by atoms with Crippen molar-refractivity contribution in [2.45, 2.75) is 139 Å². The number of carbonyl (C=O) groups excluding carboxylic acids is 8. The Labute approximate surface area is 428 Å². The van der Waals surface area contributed by atoms with Crippen molar-refractivity contribution in [2.75, 3.05) is 23.7 Å². The number of aliphatic hydroxyl groups excluding tert-OH is 2. The van der Waals surface area contributed by atoms with Gasteiger partial charge < -0.3 is 50.8 Å². The number of halogens is 2. The topological polar surface area (TPSA) is 306 Å². The van der Waals surface area contributed by atoms with Crippen LogP contribution in [0.15, 0.2) is 36.9 Å². The average molecular weight is 1120 g/mol. The third-order valence-electron chi connectivity index (χ3n) is 13.2. The largest absolute Gasteiger partial charge is 0.445 e. The first-order valence-electron chi connectivity index (χ1n) is 23.9. The van der Waals surface area contributed by atoms with E-state index in [1.165, 1.54) is 31.7 Å². The molecule has 3 fully saturated rings. The van der Waals surface area contributed by atoms with E-state index in [9.17, 15) is 48.6 Å². The number of amides is 7. The standard InChI is InChI=1S/C47H63FIN11O12/c1-8-9-24(4)10-15-28-44(68)60(45(69)47(28,6)49)19-17-30(62)55-31(23(2)3)41(66)53-25(5)40(65)54-27-13-11-26(12-14-27)20-71-46(70)59-18-16-29(61)34(59)42(67)56-32-35(63)36(64)43(72-37(32)48)57-38-33-39(51-21-50-38)58(7)22-52-33/h11-14,21-25,28-29,31-32,34-35,37,43,61,63H,8-10,15-20H2,1-7H3,(H,53,66)(H,54,65)(H,55,62)(H,56,67)(H,50,51,57)/t24?,25-,28?,29-,31-,32+,34+,35+,37+,43-,47?/m0/s1. The zero-order chi connectivity index (χ0) is 52.8. The van der Waals surface area contributed by atoms with E-state index in [1.807, 2.05) is 22.6 Å². The predicted molar refractivity (Wildman–Crippen MR) is 264 cm³/mol. The van der Waals surface area contributed by atoms with Crippen LogP contribution in [0.4, 0.5) is 20.7 Å². The number of alkyl halides is 2. The number of hydrogen-bond donors (Lipinski definition) is 7. The number of anilines is 2. The van der Waals surface area contributed by atoms with Crippen molar-refractivity contribution in [3.8, 4) is 0 Å². The molecule has 6 rings (SSSR count). The molecule has 25 heteroatoms. The van der Waals surface area contributed by atoms with Gasteiger partial charge in [-0.3, -0.25) is 43.4 Å². The maximum Gasteiger partial charge on any atom is 0.410 e. The Balaban J connectivity index is 0.943. The first-order valence-corrected chi connectivity index (χ1v) is 25.0. The summed E-state index contributed by atoms with van der Waals surface area (Å²) < 4.78 is 26.7. The molecule has 0 saturated carbocycles. The number of fused-ring (bicyclic) bond motifs is 1. The molecule has 0 spiro atoms. The van der Waals surface area contributed by atoms with Crippen LogP contribution in [0, 0.1) is 17.8 Å². The number of carbonyl (C=O) groups is 8. The number of imide groups is 1. The Morgan fingerprint density at radius 1 is 1.00 bits per heavy atom. The molecule has 72 heavy (non-hydrogen) atoms. The van der Waals surface area contributed by atoms with Gasteiger partial charge in [-0.1, -0.05) is 75.3 Å². The first kappa shape index (κ1) is 55.4. The lowest BCUT2D eigenvalue weighted by molar-refractivity contribution is -0.180. The summed E-state index contributed by atoms with van der Waals surface area (Å²) in [4.78, 5) is 120. The molecule has 2 aromatic heterocycles. The summed E-state index contributed by atoms with van der Waals surface area (Å²) in [5, 5.41) is 34.3. The van der Waals surface area contributed by atoms with Gasteiger partial charge in [-0.2, -0.15) is 0 Å². The number of aryl methyl sites for hydroxylation is 1. The van der Waals surface area contributed by atoms with Crippen LogP contribution in [-0.4, -0.2) is 152 Å². The Morgan fingerprint density at radius 2 is 1.71 bits per heavy atom. The van der Waals surface area contributed by atoms with Crippen LogP contribution in [0.3, 0.4) is 0 Å². The van der Waals surface area contributed by atoms with Gasteiger partial charge in [-0.25, -0.2) is 24.1 Å². The van der Waals surface area contributed by atoms with Crippen LogP contribution in [0.5, 0.6) is 0 Å². The van der Waals surface area contributed by atoms with Crippen molar-refractivity contribution in [2.24, 2.45) is 24.8 Å². The van der Waals surface area contributed by atoms with E-state index in [0.29, 0.717) is 29.2 Å². The molecular formula is C47H63FIN11O12. The van der Waals surface area contributed by atoms with Gasteiger partial charge in [0.2, 0.25) is 47.6 Å². The molecule has 7 amide bonds. The van der Waals surface area contributed by atoms with Crippen molar-refractivity contribution in [1.29, 1.82) is 0 Å². The number of ether oxygens (including phenoxy) is 2. The van der Waals surface area contributed by atoms with Gasteiger partial charge >= 0.3 is 6.09 Å². The lowest BCUT2D eigenvalue weighted by Gasteiger charge is -2.36. The van der Waals surface area contributed by atoms with Gasteiger partial charge in [-0.15, -0.1) is 0 Å². The summed E-state index contributed by atoms with van der Waals surface area (Å²) >= 11 is 2.04. The molecule has 23 nitrogen and oxygen atoms in total. The lowest BCUT2D eigenvalue weighted by atomic mass is 9.88. The molecule has 3 aliphatic rings. The van der Waals surface area contributed by atoms with Gasteiger partial charge in [0.1, 0.15) is 52.1 Å². The van der Waals surface area contributed by atoms with Crippen LogP contribution in [0.25, 0.3) is 11.2 Å². The normalized spacial score (nSPS) is 25.6. The number of likely N-dealkylation sites (tertiary alicyclic amines) is 2. The molecular weight excluding hydrogens is 1060 g/mol. The third kappa shape index (κ3) is 12.6. The Hall–Kier alpha value is -5.93. The van der Waals surface area contributed by atoms with Gasteiger partial charge in [0.25, 0.3) is 0 Å². The molecule has 3 aromatic rings. The summed E-state index contributed by atoms with van der Waals surface area (Å²) in [5.41, 5.74) is 1.45. The van der Waals surface area contributed by atoms with Crippen LogP contribution in [0.1, 0.15) is 85.6 Å². The smallest absolute Gasteiger partial charge is 0.410 e. The van der Waals surface area contributed by atoms with Crippen LogP contribution >= 0.6 is 22.6 Å². The van der Waals surface area contributed by atoms with E-state index in [1.54, 1.807) is 44.5 Å². The SMILES string of the molecule is CCCC(C)CCC1C(=O)N(CCC(=O)N[C@H](C(=O)N[C@@H](C)C(=O)Nc2ccc(COC(=O)N3CC[C@H](O)[C@@H]3C(=O)N[C@H]3[C@H](F)O[C@H](Nc4ncnc5c4ncn5C)C(=O)[C@@H]3O)cc2)C(C)C)C(=O)C1(C)I. The lowest BCUT2D eigenvalue weighted by Crippen LogP contribution is -2.64. The molecule has 0 aliphatic carbocycles. The van der Waals surface area contributed by atoms with E-state index in [-0.39, 0.29) is 61.6 Å². The van der Waals surface area contributed by atoms with E-state index in [2.05, 4.69) is 55.4 Å². The highest BCUT2D eigenvalue weighted by molar-refractivity contribution is 14.1. The molecule has 7 N–H and O–H groups in total. The highest BCUT2D eigenvalue weighted by Gasteiger charge is 2.54. The van der Waals surface area contributed by atoms with Gasteiger partial charge in [-0.05, 0) is 62.6 Å². The van der Waals surface area contributed by atoms with Gasteiger partial charge in [0, 0.05) is 32.2 Å². The molecule has 5 heterocycles. The van der Waals surface area contributed by atoms with E-state index >= 15 is 4.39 Å². The molecule has 3 saturated heterocycles. The zero-order valence-electron chi connectivity index (χ0n) is 41.1. The number of benzene rings is 1. The predicted octanol–water partition coefficient (Wildman–Crippen LogP) is 1.98. The fourth-order valence-corrected chi connectivity index (χ4v) is 9.75. The minimum Gasteiger partial charge on any atom is -0.445 e. The van der Waals surface area contributed by atoms with Crippen molar-refractivity contribution in [1.82, 2.24) is 45.3 Å². The number of rotatable bonds is 20. The molecule has 11 atom stereocenters. The van der Waals surface area contributed by atoms with Crippen molar-refractivity contribution in [3.05, 3.63) is 42.5 Å². The number of ketones is 1. The fraction of sp³-hybridized carbons (Fsp3) is 0.596. The highest BCUT2D eigenvalue weighted by atomic mass is 127. The molecule has 3 unspecified atom stereocenters. The van der Waals surface area contributed by atoms with Crippen molar-refractivity contribution < 1.29 is 62.4 Å². The monoisotopic (exact) mass is 1120 g/mol. The van der Waals surface area contributed by atoms with Crippen LogP contribution < -0.4 is 26.6 Å². The maximum absolute atomic E-state index is 15.4. The van der Waals surface area contributed by atoms with E-state index < -0.39 is 93.8 Å². The van der Waals surface area contributed by atoms with E-state index in [4.69, 9.17) is 9.47 Å². The Kier molecular flexibility index (Phi) is 18.3. The van der Waals surface area contributed by atoms with Crippen molar-refractivity contribution in [3.63, 3.8) is 0 Å². The number of aliphatic hydroxyl groups is 2. The quantitative estimate of drug-likeness (QED) is 0.0484. The number of nitrogens with one attached hydrogen (secondary N) is 5. The molecule has 0 radical (unpaired) electrons. The second kappa shape index (κ2) is 23.7. The molecule has 392 valence electrons. The number of Topliss-reactive ketones (excluding diaryl/α,β-unsaturated/α-hetero) is 1. The Bertz CT molecular complexity index is 2510. The Morgan fingerprint density at radius 3 is 2.39 bits per heavy atom. The minimum atomic E-state index is -2.41. The van der Waals surface area contributed by atoms with Crippen LogP contribution in [-0.2, 0) is 56.7 Å². The van der Waals surface area contributed by atoms with Gasteiger partial charge in [0.15, 0.2) is 17.7 Å².